The molecule has 2 aromatic rings. The van der Waals surface area contributed by atoms with E-state index in [1.165, 1.54) is 12.8 Å². The first kappa shape index (κ1) is 18.4. The topological polar surface area (TPSA) is 59.4 Å². The molecule has 4 rings (SSSR count). The third-order valence-corrected chi connectivity index (χ3v) is 5.83. The molecule has 1 aromatic heterocycles. The average molecular weight is 370 g/mol. The fourth-order valence-corrected chi connectivity index (χ4v) is 4.01. The number of carbonyl (C=O) groups excluding carboxylic acids is 1. The van der Waals surface area contributed by atoms with E-state index in [-0.39, 0.29) is 5.91 Å². The van der Waals surface area contributed by atoms with Crippen LogP contribution in [0, 0.1) is 5.92 Å². The molecule has 2 aliphatic rings. The summed E-state index contributed by atoms with van der Waals surface area (Å²) in [6.07, 6.45) is 4.66. The molecule has 1 aliphatic carbocycles. The third-order valence-electron chi connectivity index (χ3n) is 5.83. The summed E-state index contributed by atoms with van der Waals surface area (Å²) in [5.41, 5.74) is 2.07. The van der Waals surface area contributed by atoms with E-state index in [1.54, 1.807) is 7.11 Å². The minimum Gasteiger partial charge on any atom is -0.383 e. The molecule has 1 aliphatic heterocycles. The zero-order valence-corrected chi connectivity index (χ0v) is 16.2. The molecule has 0 unspecified atom stereocenters. The number of piperidine rings is 1. The maximum absolute atomic E-state index is 12.6. The summed E-state index contributed by atoms with van der Waals surface area (Å²) >= 11 is 0. The van der Waals surface area contributed by atoms with Crippen LogP contribution in [0.3, 0.4) is 0 Å². The molecule has 1 aromatic carbocycles. The number of nitrogens with one attached hydrogen (secondary N) is 1. The number of fused-ring (bicyclic) bond motifs is 1. The first-order valence-electron chi connectivity index (χ1n) is 10.2. The molecule has 2 heterocycles. The Morgan fingerprint density at radius 3 is 2.74 bits per heavy atom. The van der Waals surface area contributed by atoms with Gasteiger partial charge in [0.05, 0.1) is 17.6 Å². The van der Waals surface area contributed by atoms with Gasteiger partial charge in [0.15, 0.2) is 0 Å². The normalized spacial score (nSPS) is 18.9. The summed E-state index contributed by atoms with van der Waals surface area (Å²) in [5.74, 6) is 2.29. The Morgan fingerprint density at radius 2 is 2.00 bits per heavy atom. The van der Waals surface area contributed by atoms with Crippen LogP contribution >= 0.6 is 0 Å². The predicted molar refractivity (Wildman–Crippen MR) is 106 cm³/mol. The van der Waals surface area contributed by atoms with Gasteiger partial charge in [-0.1, -0.05) is 12.1 Å². The summed E-state index contributed by atoms with van der Waals surface area (Å²) < 4.78 is 7.28. The molecule has 1 saturated carbocycles. The van der Waals surface area contributed by atoms with Gasteiger partial charge in [-0.05, 0) is 56.8 Å². The Morgan fingerprint density at radius 1 is 1.22 bits per heavy atom. The molecule has 146 valence electrons. The lowest BCUT2D eigenvalue weighted by molar-refractivity contribution is -0.121. The number of ether oxygens (including phenoxy) is 1. The SMILES string of the molecule is COCCN1CCC(CNC(=O)Cn2c(C3CC3)nc3ccccc32)CC1. The molecular weight excluding hydrogens is 340 g/mol. The van der Waals surface area contributed by atoms with Gasteiger partial charge in [-0.15, -0.1) is 0 Å². The van der Waals surface area contributed by atoms with E-state index >= 15 is 0 Å². The van der Waals surface area contributed by atoms with Gasteiger partial charge in [-0.3, -0.25) is 4.79 Å². The van der Waals surface area contributed by atoms with Crippen molar-refractivity contribution in [2.45, 2.75) is 38.1 Å². The highest BCUT2D eigenvalue weighted by Crippen LogP contribution is 2.40. The minimum atomic E-state index is 0.0989. The Bertz CT molecular complexity index is 776. The van der Waals surface area contributed by atoms with Gasteiger partial charge in [0.25, 0.3) is 0 Å². The van der Waals surface area contributed by atoms with Crippen molar-refractivity contribution in [3.8, 4) is 0 Å². The number of likely N-dealkylation sites (tertiary alicyclic amines) is 1. The largest absolute Gasteiger partial charge is 0.383 e. The Hall–Kier alpha value is -1.92. The quantitative estimate of drug-likeness (QED) is 0.775. The third kappa shape index (κ3) is 4.50. The lowest BCUT2D eigenvalue weighted by Crippen LogP contribution is -2.40. The molecular formula is C21H30N4O2. The number of hydrogen-bond donors (Lipinski definition) is 1. The summed E-state index contributed by atoms with van der Waals surface area (Å²) in [4.78, 5) is 19.8. The Labute approximate surface area is 160 Å². The Kier molecular flexibility index (Phi) is 5.74. The van der Waals surface area contributed by atoms with Gasteiger partial charge >= 0.3 is 0 Å². The van der Waals surface area contributed by atoms with Gasteiger partial charge in [0.2, 0.25) is 5.91 Å². The van der Waals surface area contributed by atoms with Crippen LogP contribution in [0.5, 0.6) is 0 Å². The molecule has 0 spiro atoms. The van der Waals surface area contributed by atoms with Crippen molar-refractivity contribution in [1.82, 2.24) is 19.8 Å². The number of nitrogens with zero attached hydrogens (tertiary/aromatic N) is 3. The van der Waals surface area contributed by atoms with Crippen LogP contribution in [0.15, 0.2) is 24.3 Å². The summed E-state index contributed by atoms with van der Waals surface area (Å²) in [5, 5.41) is 3.17. The highest BCUT2D eigenvalue weighted by molar-refractivity contribution is 5.81. The van der Waals surface area contributed by atoms with E-state index in [0.717, 1.165) is 62.5 Å². The van der Waals surface area contributed by atoms with Gasteiger partial charge in [-0.25, -0.2) is 4.98 Å². The van der Waals surface area contributed by atoms with Crippen molar-refractivity contribution in [2.24, 2.45) is 5.92 Å². The van der Waals surface area contributed by atoms with Gasteiger partial charge in [0.1, 0.15) is 12.4 Å². The van der Waals surface area contributed by atoms with E-state index in [9.17, 15) is 4.79 Å². The average Bonchev–Trinajstić information content (AvgIpc) is 3.48. The van der Waals surface area contributed by atoms with Crippen LogP contribution in [0.1, 0.15) is 37.4 Å². The molecule has 1 amide bonds. The molecule has 6 heteroatoms. The number of rotatable bonds is 8. The van der Waals surface area contributed by atoms with Gasteiger partial charge < -0.3 is 19.5 Å². The lowest BCUT2D eigenvalue weighted by atomic mass is 9.97. The second-order valence-corrected chi connectivity index (χ2v) is 7.90. The maximum atomic E-state index is 12.6. The predicted octanol–water partition coefficient (Wildman–Crippen LogP) is 2.39. The van der Waals surface area contributed by atoms with Gasteiger partial charge in [-0.2, -0.15) is 0 Å². The Balaban J connectivity index is 1.30. The molecule has 1 saturated heterocycles. The van der Waals surface area contributed by atoms with Crippen molar-refractivity contribution in [3.05, 3.63) is 30.1 Å². The second-order valence-electron chi connectivity index (χ2n) is 7.90. The van der Waals surface area contributed by atoms with Crippen LogP contribution in [-0.2, 0) is 16.1 Å². The summed E-state index contributed by atoms with van der Waals surface area (Å²) in [7, 11) is 1.75. The first-order chi connectivity index (χ1) is 13.2. The number of benzene rings is 1. The molecule has 6 nitrogen and oxygen atoms in total. The van der Waals surface area contributed by atoms with Crippen molar-refractivity contribution >= 4 is 16.9 Å². The monoisotopic (exact) mass is 370 g/mol. The van der Waals surface area contributed by atoms with Crippen molar-refractivity contribution in [3.63, 3.8) is 0 Å². The lowest BCUT2D eigenvalue weighted by Gasteiger charge is -2.31. The highest BCUT2D eigenvalue weighted by Gasteiger charge is 2.30. The number of methoxy groups -OCH3 is 1. The molecule has 27 heavy (non-hydrogen) atoms. The molecule has 0 radical (unpaired) electrons. The number of imidazole rings is 1. The zero-order chi connectivity index (χ0) is 18.6. The first-order valence-corrected chi connectivity index (χ1v) is 10.2. The molecule has 1 N–H and O–H groups in total. The van der Waals surface area contributed by atoms with Crippen molar-refractivity contribution < 1.29 is 9.53 Å². The van der Waals surface area contributed by atoms with Crippen molar-refractivity contribution in [2.75, 3.05) is 39.9 Å². The van der Waals surface area contributed by atoms with Crippen LogP contribution in [-0.4, -0.2) is 60.3 Å². The van der Waals surface area contributed by atoms with E-state index < -0.39 is 0 Å². The second kappa shape index (κ2) is 8.40. The number of para-hydroxylation sites is 2. The molecule has 2 fully saturated rings. The fourth-order valence-electron chi connectivity index (χ4n) is 4.01. The standard InChI is InChI=1S/C21H30N4O2/c1-27-13-12-24-10-8-16(9-11-24)14-22-20(26)15-25-19-5-3-2-4-18(19)23-21(25)17-6-7-17/h2-5,16-17H,6-15H2,1H3,(H,22,26). The van der Waals surface area contributed by atoms with Gasteiger partial charge in [0, 0.05) is 26.1 Å². The van der Waals surface area contributed by atoms with E-state index in [4.69, 9.17) is 9.72 Å². The van der Waals surface area contributed by atoms with Crippen LogP contribution in [0.4, 0.5) is 0 Å². The molecule has 0 atom stereocenters. The van der Waals surface area contributed by atoms with E-state index in [0.29, 0.717) is 18.4 Å². The maximum Gasteiger partial charge on any atom is 0.240 e. The highest BCUT2D eigenvalue weighted by atomic mass is 16.5. The summed E-state index contributed by atoms with van der Waals surface area (Å²) in [6.45, 7) is 5.15. The van der Waals surface area contributed by atoms with Crippen LogP contribution in [0.25, 0.3) is 11.0 Å². The zero-order valence-electron chi connectivity index (χ0n) is 16.2. The van der Waals surface area contributed by atoms with Crippen LogP contribution in [0.2, 0.25) is 0 Å². The summed E-state index contributed by atoms with van der Waals surface area (Å²) in [6, 6.07) is 8.13. The van der Waals surface area contributed by atoms with E-state index in [1.807, 2.05) is 18.2 Å². The fraction of sp³-hybridized carbons (Fsp3) is 0.619. The minimum absolute atomic E-state index is 0.0989. The van der Waals surface area contributed by atoms with Crippen molar-refractivity contribution in [1.29, 1.82) is 0 Å². The smallest absolute Gasteiger partial charge is 0.240 e. The van der Waals surface area contributed by atoms with E-state index in [2.05, 4.69) is 20.9 Å². The number of carbonyl (C=O) groups is 1. The van der Waals surface area contributed by atoms with Crippen LogP contribution < -0.4 is 5.32 Å². The number of aromatic nitrogens is 2. The number of hydrogen-bond acceptors (Lipinski definition) is 4. The molecule has 0 bridgehead atoms. The number of amides is 1.